The van der Waals surface area contributed by atoms with E-state index < -0.39 is 11.9 Å². The van der Waals surface area contributed by atoms with Crippen LogP contribution < -0.4 is 5.32 Å². The van der Waals surface area contributed by atoms with Gasteiger partial charge >= 0.3 is 5.97 Å². The molecule has 0 saturated carbocycles. The molecule has 3 N–H and O–H groups in total. The number of aromatic hydroxyl groups is 1. The molecule has 0 aliphatic heterocycles. The SMILES string of the molecule is O=C(O)c1ccc(NC(=O)c2ccc(Cl)cc2Br)c(O)c1. The summed E-state index contributed by atoms with van der Waals surface area (Å²) in [6, 6.07) is 8.34. The van der Waals surface area contributed by atoms with E-state index in [4.69, 9.17) is 16.7 Å². The highest BCUT2D eigenvalue weighted by Crippen LogP contribution is 2.27. The number of carboxylic acids is 1. The lowest BCUT2D eigenvalue weighted by molar-refractivity contribution is 0.0696. The molecule has 5 nitrogen and oxygen atoms in total. The second kappa shape index (κ2) is 6.15. The summed E-state index contributed by atoms with van der Waals surface area (Å²) in [5, 5.41) is 21.5. The Morgan fingerprint density at radius 1 is 1.14 bits per heavy atom. The van der Waals surface area contributed by atoms with Crippen LogP contribution in [0.5, 0.6) is 5.75 Å². The van der Waals surface area contributed by atoms with Crippen molar-refractivity contribution in [1.82, 2.24) is 0 Å². The molecule has 2 rings (SSSR count). The molecule has 0 atom stereocenters. The van der Waals surface area contributed by atoms with Crippen LogP contribution in [-0.4, -0.2) is 22.1 Å². The van der Waals surface area contributed by atoms with Gasteiger partial charge in [0.1, 0.15) is 5.75 Å². The zero-order valence-electron chi connectivity index (χ0n) is 10.4. The van der Waals surface area contributed by atoms with Gasteiger partial charge in [0.05, 0.1) is 16.8 Å². The summed E-state index contributed by atoms with van der Waals surface area (Å²) in [4.78, 5) is 22.9. The summed E-state index contributed by atoms with van der Waals surface area (Å²) in [5.41, 5.74) is 0.381. The highest BCUT2D eigenvalue weighted by molar-refractivity contribution is 9.10. The number of nitrogens with one attached hydrogen (secondary N) is 1. The minimum Gasteiger partial charge on any atom is -0.506 e. The van der Waals surface area contributed by atoms with Crippen LogP contribution in [-0.2, 0) is 0 Å². The number of anilines is 1. The number of hydrogen-bond donors (Lipinski definition) is 3. The molecule has 0 aliphatic rings. The van der Waals surface area contributed by atoms with Crippen molar-refractivity contribution in [2.75, 3.05) is 5.32 Å². The van der Waals surface area contributed by atoms with E-state index in [1.807, 2.05) is 0 Å². The highest BCUT2D eigenvalue weighted by atomic mass is 79.9. The van der Waals surface area contributed by atoms with E-state index in [1.165, 1.54) is 18.2 Å². The van der Waals surface area contributed by atoms with E-state index in [2.05, 4.69) is 21.2 Å². The normalized spacial score (nSPS) is 10.2. The Hall–Kier alpha value is -2.05. The van der Waals surface area contributed by atoms with Crippen LogP contribution in [0.3, 0.4) is 0 Å². The number of carboxylic acid groups (broad SMARTS) is 1. The number of aromatic carboxylic acids is 1. The first kappa shape index (κ1) is 15.3. The lowest BCUT2D eigenvalue weighted by Crippen LogP contribution is -2.13. The van der Waals surface area contributed by atoms with Crippen molar-refractivity contribution < 1.29 is 19.8 Å². The molecular weight excluding hydrogens is 362 g/mol. The predicted octanol–water partition coefficient (Wildman–Crippen LogP) is 3.76. The highest BCUT2D eigenvalue weighted by Gasteiger charge is 2.14. The molecule has 0 bridgehead atoms. The van der Waals surface area contributed by atoms with Crippen LogP contribution in [0.1, 0.15) is 20.7 Å². The van der Waals surface area contributed by atoms with Gasteiger partial charge in [-0.2, -0.15) is 0 Å². The van der Waals surface area contributed by atoms with E-state index in [-0.39, 0.29) is 17.0 Å². The summed E-state index contributed by atoms with van der Waals surface area (Å²) in [6.45, 7) is 0. The van der Waals surface area contributed by atoms with E-state index in [0.29, 0.717) is 15.1 Å². The molecule has 108 valence electrons. The second-order valence-electron chi connectivity index (χ2n) is 4.12. The van der Waals surface area contributed by atoms with Gasteiger partial charge in [-0.05, 0) is 52.3 Å². The van der Waals surface area contributed by atoms with Crippen molar-refractivity contribution in [3.05, 3.63) is 57.0 Å². The first-order valence-electron chi connectivity index (χ1n) is 5.71. The number of hydrogen-bond acceptors (Lipinski definition) is 3. The molecule has 0 aliphatic carbocycles. The van der Waals surface area contributed by atoms with Crippen LogP contribution in [0, 0.1) is 0 Å². The molecule has 1 amide bonds. The first-order chi connectivity index (χ1) is 9.88. The Labute approximate surface area is 133 Å². The minimum absolute atomic E-state index is 0.0711. The molecule has 7 heteroatoms. The minimum atomic E-state index is -1.16. The monoisotopic (exact) mass is 369 g/mol. The molecule has 2 aromatic carbocycles. The second-order valence-corrected chi connectivity index (χ2v) is 5.41. The van der Waals surface area contributed by atoms with Gasteiger partial charge in [0.15, 0.2) is 0 Å². The Morgan fingerprint density at radius 3 is 2.43 bits per heavy atom. The quantitative estimate of drug-likeness (QED) is 0.718. The number of benzene rings is 2. The van der Waals surface area contributed by atoms with Gasteiger partial charge in [-0.1, -0.05) is 11.6 Å². The molecule has 0 radical (unpaired) electrons. The predicted molar refractivity (Wildman–Crippen MR) is 82.2 cm³/mol. The van der Waals surface area contributed by atoms with E-state index in [9.17, 15) is 14.7 Å². The van der Waals surface area contributed by atoms with Crippen molar-refractivity contribution in [1.29, 1.82) is 0 Å². The molecule has 0 fully saturated rings. The first-order valence-corrected chi connectivity index (χ1v) is 6.88. The molecule has 2 aromatic rings. The van der Waals surface area contributed by atoms with Crippen molar-refractivity contribution >= 4 is 45.1 Å². The van der Waals surface area contributed by atoms with Gasteiger partial charge in [-0.25, -0.2) is 4.79 Å². The maximum absolute atomic E-state index is 12.1. The Kier molecular flexibility index (Phi) is 4.50. The van der Waals surface area contributed by atoms with Gasteiger partial charge in [-0.15, -0.1) is 0 Å². The Balaban J connectivity index is 2.25. The molecule has 0 saturated heterocycles. The van der Waals surface area contributed by atoms with E-state index >= 15 is 0 Å². The van der Waals surface area contributed by atoms with Crippen molar-refractivity contribution in [3.8, 4) is 5.75 Å². The largest absolute Gasteiger partial charge is 0.506 e. The lowest BCUT2D eigenvalue weighted by Gasteiger charge is -2.09. The molecule has 0 spiro atoms. The maximum Gasteiger partial charge on any atom is 0.335 e. The van der Waals surface area contributed by atoms with Gasteiger partial charge in [0.25, 0.3) is 5.91 Å². The number of phenolic OH excluding ortho intramolecular Hbond substituents is 1. The molecule has 0 aromatic heterocycles. The number of carbonyl (C=O) groups is 2. The average molecular weight is 371 g/mol. The number of amides is 1. The standard InChI is InChI=1S/C14H9BrClNO4/c15-10-6-8(16)2-3-9(10)13(19)17-11-4-1-7(14(20)21)5-12(11)18/h1-6,18H,(H,17,19)(H,20,21). The van der Waals surface area contributed by atoms with Crippen molar-refractivity contribution in [2.45, 2.75) is 0 Å². The van der Waals surface area contributed by atoms with Crippen LogP contribution >= 0.6 is 27.5 Å². The number of halogens is 2. The van der Waals surface area contributed by atoms with Crippen LogP contribution in [0.15, 0.2) is 40.9 Å². The summed E-state index contributed by atoms with van der Waals surface area (Å²) >= 11 is 9.02. The fourth-order valence-corrected chi connectivity index (χ4v) is 2.50. The Bertz CT molecular complexity index is 733. The zero-order chi connectivity index (χ0) is 15.6. The maximum atomic E-state index is 12.1. The van der Waals surface area contributed by atoms with Gasteiger partial charge < -0.3 is 15.5 Å². The van der Waals surface area contributed by atoms with Crippen LogP contribution in [0.25, 0.3) is 0 Å². The number of carbonyl (C=O) groups excluding carboxylic acids is 1. The smallest absolute Gasteiger partial charge is 0.335 e. The molecular formula is C14H9BrClNO4. The zero-order valence-corrected chi connectivity index (χ0v) is 12.8. The van der Waals surface area contributed by atoms with E-state index in [0.717, 1.165) is 6.07 Å². The topological polar surface area (TPSA) is 86.6 Å². The van der Waals surface area contributed by atoms with Gasteiger partial charge in [0, 0.05) is 9.50 Å². The van der Waals surface area contributed by atoms with Crippen molar-refractivity contribution in [2.24, 2.45) is 0 Å². The third-order valence-corrected chi connectivity index (χ3v) is 3.56. The van der Waals surface area contributed by atoms with Gasteiger partial charge in [-0.3, -0.25) is 4.79 Å². The summed E-state index contributed by atoms with van der Waals surface area (Å²) < 4.78 is 0.508. The summed E-state index contributed by atoms with van der Waals surface area (Å²) in [7, 11) is 0. The molecule has 21 heavy (non-hydrogen) atoms. The third kappa shape index (κ3) is 3.53. The van der Waals surface area contributed by atoms with E-state index in [1.54, 1.807) is 12.1 Å². The average Bonchev–Trinajstić information content (AvgIpc) is 2.40. The van der Waals surface area contributed by atoms with Crippen molar-refractivity contribution in [3.63, 3.8) is 0 Å². The fraction of sp³-hybridized carbons (Fsp3) is 0. The van der Waals surface area contributed by atoms with Crippen LogP contribution in [0.4, 0.5) is 5.69 Å². The number of phenols is 1. The lowest BCUT2D eigenvalue weighted by atomic mass is 10.1. The van der Waals surface area contributed by atoms with Crippen LogP contribution in [0.2, 0.25) is 5.02 Å². The number of rotatable bonds is 3. The molecule has 0 unspecified atom stereocenters. The summed E-state index contributed by atoms with van der Waals surface area (Å²) in [5.74, 6) is -1.95. The third-order valence-electron chi connectivity index (χ3n) is 2.67. The Morgan fingerprint density at radius 2 is 1.86 bits per heavy atom. The van der Waals surface area contributed by atoms with Gasteiger partial charge in [0.2, 0.25) is 0 Å². The fourth-order valence-electron chi connectivity index (χ4n) is 1.63. The summed E-state index contributed by atoms with van der Waals surface area (Å²) in [6.07, 6.45) is 0. The molecule has 0 heterocycles.